The van der Waals surface area contributed by atoms with Crippen LogP contribution in [0.4, 0.5) is 0 Å². The number of hydrogen-bond donors (Lipinski definition) is 2. The second kappa shape index (κ2) is 5.92. The van der Waals surface area contributed by atoms with Crippen molar-refractivity contribution in [2.45, 2.75) is 20.3 Å². The van der Waals surface area contributed by atoms with E-state index in [1.165, 1.54) is 7.11 Å². The molecule has 2 N–H and O–H groups in total. The van der Waals surface area contributed by atoms with Gasteiger partial charge in [-0.2, -0.15) is 5.10 Å². The van der Waals surface area contributed by atoms with Crippen LogP contribution in [0.25, 0.3) is 0 Å². The molecule has 1 heterocycles. The summed E-state index contributed by atoms with van der Waals surface area (Å²) in [7, 11) is 1.53. The van der Waals surface area contributed by atoms with Crippen LogP contribution in [-0.2, 0) is 9.53 Å². The Morgan fingerprint density at radius 1 is 1.50 bits per heavy atom. The van der Waals surface area contributed by atoms with E-state index in [-0.39, 0.29) is 24.4 Å². The summed E-state index contributed by atoms with van der Waals surface area (Å²) in [6.07, 6.45) is 0.377. The quantitative estimate of drug-likeness (QED) is 0.819. The molecule has 1 aromatic rings. The van der Waals surface area contributed by atoms with E-state index in [1.54, 1.807) is 19.1 Å². The Labute approximate surface area is 117 Å². The minimum Gasteiger partial charge on any atom is -0.508 e. The zero-order chi connectivity index (χ0) is 14.7. The zero-order valence-corrected chi connectivity index (χ0v) is 11.8. The molecule has 0 bridgehead atoms. The van der Waals surface area contributed by atoms with Crippen molar-refractivity contribution < 1.29 is 19.4 Å². The van der Waals surface area contributed by atoms with Gasteiger partial charge in [0.2, 0.25) is 5.91 Å². The number of rotatable bonds is 4. The van der Waals surface area contributed by atoms with Gasteiger partial charge in [0, 0.05) is 30.6 Å². The predicted molar refractivity (Wildman–Crippen MR) is 73.8 cm³/mol. The number of amides is 1. The number of hydrazone groups is 1. The first-order valence-corrected chi connectivity index (χ1v) is 6.35. The first-order valence-electron chi connectivity index (χ1n) is 6.35. The fourth-order valence-electron chi connectivity index (χ4n) is 2.17. The molecule has 1 amide bonds. The third-order valence-electron chi connectivity index (χ3n) is 3.23. The number of phenolic OH excluding ortho intramolecular Hbond substituents is 1. The Kier molecular flexibility index (Phi) is 4.24. The fraction of sp³-hybridized carbons (Fsp3) is 0.429. The number of benzene rings is 1. The lowest BCUT2D eigenvalue weighted by Gasteiger charge is -2.22. The highest BCUT2D eigenvalue weighted by molar-refractivity contribution is 6.07. The molecular formula is C14H18N2O4. The average Bonchev–Trinajstić information content (AvgIpc) is 2.41. The van der Waals surface area contributed by atoms with E-state index in [2.05, 4.69) is 10.5 Å². The van der Waals surface area contributed by atoms with Crippen LogP contribution in [0, 0.1) is 12.8 Å². The minimum absolute atomic E-state index is 0.0161. The molecule has 1 unspecified atom stereocenters. The number of carbonyl (C=O) groups excluding carboxylic acids is 1. The molecule has 6 nitrogen and oxygen atoms in total. The molecule has 0 fully saturated rings. The van der Waals surface area contributed by atoms with Gasteiger partial charge >= 0.3 is 0 Å². The normalized spacial score (nSPS) is 18.4. The average molecular weight is 278 g/mol. The number of carbonyl (C=O) groups is 1. The van der Waals surface area contributed by atoms with E-state index in [0.29, 0.717) is 17.7 Å². The molecule has 0 aliphatic carbocycles. The van der Waals surface area contributed by atoms with Crippen LogP contribution in [0.1, 0.15) is 24.5 Å². The van der Waals surface area contributed by atoms with E-state index < -0.39 is 0 Å². The lowest BCUT2D eigenvalue weighted by atomic mass is 9.92. The van der Waals surface area contributed by atoms with Gasteiger partial charge in [-0.3, -0.25) is 4.79 Å². The van der Waals surface area contributed by atoms with E-state index >= 15 is 0 Å². The van der Waals surface area contributed by atoms with Crippen molar-refractivity contribution in [1.29, 1.82) is 0 Å². The zero-order valence-electron chi connectivity index (χ0n) is 11.8. The summed E-state index contributed by atoms with van der Waals surface area (Å²) in [4.78, 5) is 11.3. The number of nitrogens with one attached hydrogen (secondary N) is 1. The largest absolute Gasteiger partial charge is 0.508 e. The summed E-state index contributed by atoms with van der Waals surface area (Å²) in [5.41, 5.74) is 4.58. The fourth-order valence-corrected chi connectivity index (χ4v) is 2.17. The highest BCUT2D eigenvalue weighted by Crippen LogP contribution is 2.33. The van der Waals surface area contributed by atoms with Gasteiger partial charge in [-0.05, 0) is 19.1 Å². The maximum atomic E-state index is 11.3. The number of methoxy groups -OCH3 is 1. The van der Waals surface area contributed by atoms with Crippen molar-refractivity contribution in [3.63, 3.8) is 0 Å². The molecular weight excluding hydrogens is 260 g/mol. The number of nitrogens with zero attached hydrogens (tertiary/aromatic N) is 1. The molecule has 108 valence electrons. The minimum atomic E-state index is -0.101. The topological polar surface area (TPSA) is 80.2 Å². The molecule has 20 heavy (non-hydrogen) atoms. The van der Waals surface area contributed by atoms with Crippen LogP contribution in [0.3, 0.4) is 0 Å². The standard InChI is InChI=1S/C14H18N2O4/c1-8-6-12(18)15-16-13(8)10-4-5-11(17)9(2)14(10)20-7-19-3/h4-5,8,17H,6-7H2,1-3H3,(H,15,18). The highest BCUT2D eigenvalue weighted by atomic mass is 16.7. The van der Waals surface area contributed by atoms with Gasteiger partial charge in [0.05, 0.1) is 5.71 Å². The Balaban J connectivity index is 2.45. The van der Waals surface area contributed by atoms with E-state index in [1.807, 2.05) is 6.92 Å². The summed E-state index contributed by atoms with van der Waals surface area (Å²) in [5, 5.41) is 13.9. The summed E-state index contributed by atoms with van der Waals surface area (Å²) in [6.45, 7) is 3.77. The maximum Gasteiger partial charge on any atom is 0.240 e. The Morgan fingerprint density at radius 2 is 2.25 bits per heavy atom. The van der Waals surface area contributed by atoms with Gasteiger partial charge in [0.25, 0.3) is 0 Å². The first-order chi connectivity index (χ1) is 9.54. The summed E-state index contributed by atoms with van der Waals surface area (Å²) in [5.74, 6) is 0.551. The monoisotopic (exact) mass is 278 g/mol. The second-order valence-electron chi connectivity index (χ2n) is 4.77. The third kappa shape index (κ3) is 2.75. The molecule has 1 aromatic carbocycles. The van der Waals surface area contributed by atoms with E-state index in [4.69, 9.17) is 9.47 Å². The van der Waals surface area contributed by atoms with Gasteiger partial charge in [0.15, 0.2) is 6.79 Å². The van der Waals surface area contributed by atoms with Crippen molar-refractivity contribution in [3.8, 4) is 11.5 Å². The van der Waals surface area contributed by atoms with Crippen molar-refractivity contribution in [3.05, 3.63) is 23.3 Å². The van der Waals surface area contributed by atoms with E-state index in [9.17, 15) is 9.90 Å². The molecule has 0 saturated carbocycles. The molecule has 0 spiro atoms. The smallest absolute Gasteiger partial charge is 0.240 e. The molecule has 0 aromatic heterocycles. The molecule has 0 saturated heterocycles. The van der Waals surface area contributed by atoms with Crippen LogP contribution >= 0.6 is 0 Å². The van der Waals surface area contributed by atoms with Gasteiger partial charge < -0.3 is 14.6 Å². The lowest BCUT2D eigenvalue weighted by molar-refractivity contribution is -0.121. The van der Waals surface area contributed by atoms with Gasteiger partial charge in [-0.1, -0.05) is 6.92 Å². The Hall–Kier alpha value is -2.08. The predicted octanol–water partition coefficient (Wildman–Crippen LogP) is 1.54. The molecule has 1 aliphatic heterocycles. The lowest BCUT2D eigenvalue weighted by Crippen LogP contribution is -2.32. The van der Waals surface area contributed by atoms with Crippen LogP contribution in [0.5, 0.6) is 11.5 Å². The van der Waals surface area contributed by atoms with Crippen LogP contribution in [-0.4, -0.2) is 30.6 Å². The van der Waals surface area contributed by atoms with Crippen molar-refractivity contribution in [2.75, 3.05) is 13.9 Å². The summed E-state index contributed by atoms with van der Waals surface area (Å²) >= 11 is 0. The van der Waals surface area contributed by atoms with Gasteiger partial charge in [-0.25, -0.2) is 5.43 Å². The van der Waals surface area contributed by atoms with Crippen LogP contribution in [0.15, 0.2) is 17.2 Å². The summed E-state index contributed by atoms with van der Waals surface area (Å²) in [6, 6.07) is 3.33. The Morgan fingerprint density at radius 3 is 2.90 bits per heavy atom. The van der Waals surface area contributed by atoms with Crippen LogP contribution in [0.2, 0.25) is 0 Å². The number of aromatic hydroxyl groups is 1. The van der Waals surface area contributed by atoms with Crippen molar-refractivity contribution >= 4 is 11.6 Å². The Bertz CT molecular complexity index is 554. The second-order valence-corrected chi connectivity index (χ2v) is 4.77. The number of hydrogen-bond acceptors (Lipinski definition) is 5. The molecule has 0 radical (unpaired) electrons. The highest BCUT2D eigenvalue weighted by Gasteiger charge is 2.25. The van der Waals surface area contributed by atoms with Crippen molar-refractivity contribution in [1.82, 2.24) is 5.43 Å². The SMILES string of the molecule is COCOc1c(C2=NNC(=O)CC2C)ccc(O)c1C. The molecule has 6 heteroatoms. The van der Waals surface area contributed by atoms with E-state index in [0.717, 1.165) is 11.3 Å². The van der Waals surface area contributed by atoms with Gasteiger partial charge in [0.1, 0.15) is 11.5 Å². The van der Waals surface area contributed by atoms with Crippen LogP contribution < -0.4 is 10.2 Å². The molecule has 2 rings (SSSR count). The van der Waals surface area contributed by atoms with Crippen molar-refractivity contribution in [2.24, 2.45) is 11.0 Å². The van der Waals surface area contributed by atoms with Gasteiger partial charge in [-0.15, -0.1) is 0 Å². The molecule has 1 aliphatic rings. The molecule has 1 atom stereocenters. The maximum absolute atomic E-state index is 11.3. The first kappa shape index (κ1) is 14.3. The number of phenols is 1. The third-order valence-corrected chi connectivity index (χ3v) is 3.23. The number of ether oxygens (including phenoxy) is 2. The summed E-state index contributed by atoms with van der Waals surface area (Å²) < 4.78 is 10.5.